The van der Waals surface area contributed by atoms with Crippen molar-refractivity contribution in [3.05, 3.63) is 82.0 Å². The zero-order valence-electron chi connectivity index (χ0n) is 13.8. The Morgan fingerprint density at radius 1 is 1.04 bits per heavy atom. The first-order valence-electron chi connectivity index (χ1n) is 8.44. The highest BCUT2D eigenvalue weighted by molar-refractivity contribution is 7.10. The highest BCUT2D eigenvalue weighted by Crippen LogP contribution is 2.43. The lowest BCUT2D eigenvalue weighted by atomic mass is 9.90. The molecule has 2 aromatic carbocycles. The molecule has 1 aromatic heterocycles. The van der Waals surface area contributed by atoms with Crippen molar-refractivity contribution in [2.45, 2.75) is 18.8 Å². The summed E-state index contributed by atoms with van der Waals surface area (Å²) in [5.74, 6) is 1.00. The van der Waals surface area contributed by atoms with E-state index in [0.29, 0.717) is 13.0 Å². The van der Waals surface area contributed by atoms with Gasteiger partial charge in [0.2, 0.25) is 5.91 Å². The lowest BCUT2D eigenvalue weighted by Crippen LogP contribution is -2.22. The van der Waals surface area contributed by atoms with E-state index in [4.69, 9.17) is 4.74 Å². The van der Waals surface area contributed by atoms with Gasteiger partial charge in [-0.05, 0) is 23.1 Å². The maximum atomic E-state index is 12.1. The van der Waals surface area contributed by atoms with Gasteiger partial charge in [0.25, 0.3) is 0 Å². The lowest BCUT2D eigenvalue weighted by molar-refractivity contribution is -0.116. The van der Waals surface area contributed by atoms with E-state index in [9.17, 15) is 4.79 Å². The van der Waals surface area contributed by atoms with Gasteiger partial charge in [-0.15, -0.1) is 11.3 Å². The van der Waals surface area contributed by atoms with Crippen LogP contribution in [0.1, 0.15) is 28.3 Å². The molecule has 1 unspecified atom stereocenters. The Hall–Kier alpha value is -2.59. The Bertz CT molecular complexity index is 872. The topological polar surface area (TPSA) is 38.3 Å². The van der Waals surface area contributed by atoms with Gasteiger partial charge in [-0.2, -0.15) is 0 Å². The highest BCUT2D eigenvalue weighted by atomic mass is 32.1. The van der Waals surface area contributed by atoms with Crippen molar-refractivity contribution in [1.29, 1.82) is 0 Å². The van der Waals surface area contributed by atoms with Crippen LogP contribution in [0.5, 0.6) is 5.75 Å². The predicted molar refractivity (Wildman–Crippen MR) is 101 cm³/mol. The number of carbonyl (C=O) groups is 1. The summed E-state index contributed by atoms with van der Waals surface area (Å²) in [6, 6.07) is 20.4. The molecule has 0 bridgehead atoms. The number of para-hydroxylation sites is 1. The van der Waals surface area contributed by atoms with Gasteiger partial charge >= 0.3 is 0 Å². The average Bonchev–Trinajstić information content (AvgIpc) is 3.11. The molecule has 2 heterocycles. The molecule has 1 N–H and O–H groups in total. The van der Waals surface area contributed by atoms with Crippen LogP contribution in [0.25, 0.3) is 0 Å². The predicted octanol–water partition coefficient (Wildman–Crippen LogP) is 4.84. The molecule has 0 radical (unpaired) electrons. The van der Waals surface area contributed by atoms with Crippen LogP contribution >= 0.6 is 11.3 Å². The number of carbonyl (C=O) groups excluding carboxylic acids is 1. The van der Waals surface area contributed by atoms with Crippen molar-refractivity contribution in [1.82, 2.24) is 0 Å². The minimum Gasteiger partial charge on any atom is -0.493 e. The van der Waals surface area contributed by atoms with Crippen molar-refractivity contribution >= 4 is 22.9 Å². The van der Waals surface area contributed by atoms with Gasteiger partial charge in [-0.3, -0.25) is 4.79 Å². The van der Waals surface area contributed by atoms with E-state index in [-0.39, 0.29) is 11.8 Å². The summed E-state index contributed by atoms with van der Waals surface area (Å²) in [4.78, 5) is 13.3. The average molecular weight is 349 g/mol. The third-order valence-electron chi connectivity index (χ3n) is 4.46. The second-order valence-corrected chi connectivity index (χ2v) is 7.07. The van der Waals surface area contributed by atoms with Gasteiger partial charge < -0.3 is 10.1 Å². The SMILES string of the molecule is O=C1CC(c2ccccc2OCCc2ccccc2)c2sccc2N1. The van der Waals surface area contributed by atoms with Crippen LogP contribution in [-0.2, 0) is 11.2 Å². The lowest BCUT2D eigenvalue weighted by Gasteiger charge is -2.24. The van der Waals surface area contributed by atoms with Gasteiger partial charge in [-0.1, -0.05) is 48.5 Å². The van der Waals surface area contributed by atoms with Crippen LogP contribution in [0.3, 0.4) is 0 Å². The number of anilines is 1. The van der Waals surface area contributed by atoms with Crippen LogP contribution in [0, 0.1) is 0 Å². The number of rotatable bonds is 5. The molecule has 4 rings (SSSR count). The molecule has 25 heavy (non-hydrogen) atoms. The fraction of sp³-hybridized carbons (Fsp3) is 0.190. The molecule has 0 spiro atoms. The molecule has 3 nitrogen and oxygen atoms in total. The van der Waals surface area contributed by atoms with Crippen LogP contribution < -0.4 is 10.1 Å². The fourth-order valence-electron chi connectivity index (χ4n) is 3.25. The first-order chi connectivity index (χ1) is 12.3. The standard InChI is InChI=1S/C21H19NO2S/c23-20-14-17(21-18(22-20)11-13-25-21)16-8-4-5-9-19(16)24-12-10-15-6-2-1-3-7-15/h1-9,11,13,17H,10,12,14H2,(H,22,23). The highest BCUT2D eigenvalue weighted by Gasteiger charge is 2.29. The Morgan fingerprint density at radius 3 is 2.72 bits per heavy atom. The van der Waals surface area contributed by atoms with E-state index in [1.54, 1.807) is 11.3 Å². The molecule has 126 valence electrons. The number of nitrogens with one attached hydrogen (secondary N) is 1. The molecular weight excluding hydrogens is 330 g/mol. The maximum Gasteiger partial charge on any atom is 0.225 e. The maximum absolute atomic E-state index is 12.1. The smallest absolute Gasteiger partial charge is 0.225 e. The molecule has 1 atom stereocenters. The molecule has 0 fully saturated rings. The van der Waals surface area contributed by atoms with E-state index >= 15 is 0 Å². The first kappa shape index (κ1) is 15.9. The molecule has 1 amide bonds. The second-order valence-electron chi connectivity index (χ2n) is 6.13. The second kappa shape index (κ2) is 7.11. The van der Waals surface area contributed by atoms with Gasteiger partial charge in [0.15, 0.2) is 0 Å². The third-order valence-corrected chi connectivity index (χ3v) is 5.49. The molecule has 0 saturated carbocycles. The van der Waals surface area contributed by atoms with Crippen LogP contribution in [0.15, 0.2) is 66.0 Å². The fourth-order valence-corrected chi connectivity index (χ4v) is 4.22. The Morgan fingerprint density at radius 2 is 1.84 bits per heavy atom. The van der Waals surface area contributed by atoms with Crippen molar-refractivity contribution in [2.75, 3.05) is 11.9 Å². The Kier molecular flexibility index (Phi) is 4.53. The van der Waals surface area contributed by atoms with Gasteiger partial charge in [0, 0.05) is 29.2 Å². The van der Waals surface area contributed by atoms with E-state index in [0.717, 1.165) is 23.4 Å². The third kappa shape index (κ3) is 3.44. The summed E-state index contributed by atoms with van der Waals surface area (Å²) in [7, 11) is 0. The van der Waals surface area contributed by atoms with Crippen molar-refractivity contribution in [3.8, 4) is 5.75 Å². The zero-order chi connectivity index (χ0) is 17.1. The number of amides is 1. The quantitative estimate of drug-likeness (QED) is 0.715. The normalized spacial score (nSPS) is 16.2. The number of hydrogen-bond acceptors (Lipinski definition) is 3. The van der Waals surface area contributed by atoms with Gasteiger partial charge in [0.1, 0.15) is 5.75 Å². The largest absolute Gasteiger partial charge is 0.493 e. The van der Waals surface area contributed by atoms with E-state index in [1.807, 2.05) is 47.8 Å². The summed E-state index contributed by atoms with van der Waals surface area (Å²) in [5, 5.41) is 4.98. The summed E-state index contributed by atoms with van der Waals surface area (Å²) in [6.45, 7) is 0.622. The number of hydrogen-bond donors (Lipinski definition) is 1. The Labute approximate surface area is 151 Å². The van der Waals surface area contributed by atoms with E-state index < -0.39 is 0 Å². The minimum absolute atomic E-state index is 0.0648. The van der Waals surface area contributed by atoms with E-state index in [1.165, 1.54) is 10.4 Å². The zero-order valence-corrected chi connectivity index (χ0v) is 14.6. The number of benzene rings is 2. The van der Waals surface area contributed by atoms with E-state index in [2.05, 4.69) is 23.5 Å². The molecule has 1 aliphatic heterocycles. The molecular formula is C21H19NO2S. The monoisotopic (exact) mass is 349 g/mol. The van der Waals surface area contributed by atoms with Crippen molar-refractivity contribution < 1.29 is 9.53 Å². The number of fused-ring (bicyclic) bond motifs is 1. The summed E-state index contributed by atoms with van der Waals surface area (Å²) < 4.78 is 6.09. The van der Waals surface area contributed by atoms with Crippen molar-refractivity contribution in [3.63, 3.8) is 0 Å². The Balaban J connectivity index is 1.55. The minimum atomic E-state index is 0.0648. The molecule has 3 aromatic rings. The summed E-state index contributed by atoms with van der Waals surface area (Å²) in [5.41, 5.74) is 3.29. The molecule has 4 heteroatoms. The molecule has 0 aliphatic carbocycles. The van der Waals surface area contributed by atoms with Crippen LogP contribution in [0.2, 0.25) is 0 Å². The first-order valence-corrected chi connectivity index (χ1v) is 9.32. The molecule has 0 saturated heterocycles. The molecule has 1 aliphatic rings. The van der Waals surface area contributed by atoms with Gasteiger partial charge in [0.05, 0.1) is 12.3 Å². The number of ether oxygens (including phenoxy) is 1. The number of thiophene rings is 1. The summed E-state index contributed by atoms with van der Waals surface area (Å²) in [6.07, 6.45) is 1.33. The van der Waals surface area contributed by atoms with Gasteiger partial charge in [-0.25, -0.2) is 0 Å². The summed E-state index contributed by atoms with van der Waals surface area (Å²) >= 11 is 1.69. The van der Waals surface area contributed by atoms with Crippen LogP contribution in [0.4, 0.5) is 5.69 Å². The van der Waals surface area contributed by atoms with Crippen molar-refractivity contribution in [2.24, 2.45) is 0 Å². The van der Waals surface area contributed by atoms with Crippen LogP contribution in [-0.4, -0.2) is 12.5 Å².